The van der Waals surface area contributed by atoms with Gasteiger partial charge in [0.05, 0.1) is 5.60 Å². The monoisotopic (exact) mass is 756 g/mol. The van der Waals surface area contributed by atoms with E-state index in [2.05, 4.69) is 39.8 Å². The molecule has 0 aliphatic carbocycles. The van der Waals surface area contributed by atoms with E-state index in [1.807, 2.05) is 77.9 Å². The van der Waals surface area contributed by atoms with Gasteiger partial charge in [0.25, 0.3) is 0 Å². The van der Waals surface area contributed by atoms with Crippen molar-refractivity contribution in [2.75, 3.05) is 26.2 Å². The maximum absolute atomic E-state index is 12.0. The van der Waals surface area contributed by atoms with E-state index in [4.69, 9.17) is 32.7 Å². The zero-order chi connectivity index (χ0) is 34.9. The maximum Gasteiger partial charge on any atom is 0.410 e. The van der Waals surface area contributed by atoms with Gasteiger partial charge in [-0.05, 0) is 135 Å². The van der Waals surface area contributed by atoms with E-state index >= 15 is 0 Å². The van der Waals surface area contributed by atoms with Crippen molar-refractivity contribution in [1.82, 2.24) is 9.80 Å². The fourth-order valence-electron chi connectivity index (χ4n) is 4.52. The Balaban J connectivity index is 0.000000280. The van der Waals surface area contributed by atoms with Gasteiger partial charge in [0, 0.05) is 36.2 Å². The number of carbonyl (C=O) groups excluding carboxylic acids is 2. The molecule has 0 atom stereocenters. The molecule has 46 heavy (non-hydrogen) atoms. The van der Waals surface area contributed by atoms with Crippen LogP contribution in [0.25, 0.3) is 5.57 Å². The summed E-state index contributed by atoms with van der Waals surface area (Å²) in [5.74, 6) is 0. The first kappa shape index (κ1) is 40.5. The van der Waals surface area contributed by atoms with Gasteiger partial charge < -0.3 is 24.4 Å². The number of hydrogen-bond acceptors (Lipinski definition) is 6. The third kappa shape index (κ3) is 15.5. The largest absolute Gasteiger partial charge is 0.444 e. The molecule has 2 amide bonds. The number of ether oxygens (including phenoxy) is 2. The SMILES string of the molecule is CC(C)(C)OC(=O)N1CC=C(c2ccc(Cl)cc2)CC1.CC(C)(C)OC(=O)N1CCC(O)(c2ccc(Cl)cc2)CC1.O=P(Cl)(Cl)Cl. The Morgan fingerprint density at radius 1 is 0.761 bits per heavy atom. The second kappa shape index (κ2) is 17.1. The highest BCUT2D eigenvalue weighted by Crippen LogP contribution is 2.61. The van der Waals surface area contributed by atoms with Gasteiger partial charge >= 0.3 is 17.4 Å². The Morgan fingerprint density at radius 3 is 1.57 bits per heavy atom. The van der Waals surface area contributed by atoms with Gasteiger partial charge in [0.1, 0.15) is 11.2 Å². The van der Waals surface area contributed by atoms with Crippen molar-refractivity contribution in [3.8, 4) is 0 Å². The van der Waals surface area contributed by atoms with E-state index in [-0.39, 0.29) is 12.2 Å². The molecule has 0 radical (unpaired) electrons. The Bertz CT molecular complexity index is 1370. The lowest BCUT2D eigenvalue weighted by atomic mass is 9.84. The molecule has 2 aromatic rings. The normalized spacial score (nSPS) is 16.6. The van der Waals surface area contributed by atoms with E-state index in [9.17, 15) is 19.3 Å². The molecule has 0 saturated carbocycles. The van der Waals surface area contributed by atoms with Crippen LogP contribution in [0.3, 0.4) is 0 Å². The quantitative estimate of drug-likeness (QED) is 0.306. The lowest BCUT2D eigenvalue weighted by Gasteiger charge is -2.38. The Hall–Kier alpha value is -1.64. The van der Waals surface area contributed by atoms with Crippen LogP contribution in [0.1, 0.15) is 71.9 Å². The highest BCUT2D eigenvalue weighted by atomic mass is 36.0. The number of hydrogen-bond donors (Lipinski definition) is 1. The van der Waals surface area contributed by atoms with Crippen LogP contribution in [0, 0.1) is 0 Å². The summed E-state index contributed by atoms with van der Waals surface area (Å²) in [6, 6.07) is 15.0. The number of carbonyl (C=O) groups is 2. The van der Waals surface area contributed by atoms with Crippen molar-refractivity contribution in [3.63, 3.8) is 0 Å². The van der Waals surface area contributed by atoms with E-state index in [0.717, 1.165) is 17.0 Å². The summed E-state index contributed by atoms with van der Waals surface area (Å²) in [5.41, 5.74) is 1.41. The Kier molecular flexibility index (Phi) is 15.1. The van der Waals surface area contributed by atoms with Gasteiger partial charge in [-0.1, -0.05) is 53.5 Å². The van der Waals surface area contributed by atoms with E-state index in [1.54, 1.807) is 21.9 Å². The van der Waals surface area contributed by atoms with Crippen LogP contribution in [0.4, 0.5) is 9.59 Å². The molecule has 0 unspecified atom stereocenters. The number of likely N-dealkylation sites (tertiary alicyclic amines) is 1. The lowest BCUT2D eigenvalue weighted by Crippen LogP contribution is -2.46. The Morgan fingerprint density at radius 2 is 1.17 bits per heavy atom. The second-order valence-corrected chi connectivity index (χ2v) is 20.3. The predicted molar refractivity (Wildman–Crippen MR) is 189 cm³/mol. The standard InChI is InChI=1S/C16H22ClNO3.C16H20ClNO2.Cl3OP/c1-15(2,3)21-14(19)18-10-8-16(20,9-11-18)12-4-6-13(17)7-5-12;1-16(2,3)20-15(19)18-10-8-13(9-11-18)12-4-6-14(17)7-5-12;1-5(2,3)4/h4-7,20H,8-11H2,1-3H3;4-8H,9-11H2,1-3H3;. The lowest BCUT2D eigenvalue weighted by molar-refractivity contribution is -0.0356. The molecule has 4 rings (SSSR count). The molecule has 2 heterocycles. The molecule has 8 nitrogen and oxygen atoms in total. The maximum atomic E-state index is 12.0. The molecule has 0 bridgehead atoms. The minimum absolute atomic E-state index is 0.246. The zero-order valence-corrected chi connectivity index (χ0v) is 31.5. The van der Waals surface area contributed by atoms with Gasteiger partial charge in [-0.25, -0.2) is 9.59 Å². The minimum atomic E-state index is -3.22. The summed E-state index contributed by atoms with van der Waals surface area (Å²) in [7, 11) is 0. The van der Waals surface area contributed by atoms with E-state index < -0.39 is 22.0 Å². The van der Waals surface area contributed by atoms with Crippen molar-refractivity contribution >= 4 is 79.9 Å². The third-order valence-corrected chi connectivity index (χ3v) is 7.20. The highest BCUT2D eigenvalue weighted by Gasteiger charge is 2.36. The summed E-state index contributed by atoms with van der Waals surface area (Å²) >= 11 is 25.6. The number of halogens is 5. The zero-order valence-electron chi connectivity index (χ0n) is 26.9. The van der Waals surface area contributed by atoms with Gasteiger partial charge in [0.15, 0.2) is 0 Å². The van der Waals surface area contributed by atoms with Crippen molar-refractivity contribution in [2.45, 2.75) is 77.6 Å². The summed E-state index contributed by atoms with van der Waals surface area (Å²) in [6.45, 7) is 13.4. The first-order valence-electron chi connectivity index (χ1n) is 14.6. The van der Waals surface area contributed by atoms with Crippen molar-refractivity contribution in [1.29, 1.82) is 0 Å². The van der Waals surface area contributed by atoms with Gasteiger partial charge in [-0.15, -0.1) is 0 Å². The van der Waals surface area contributed by atoms with Crippen LogP contribution in [0.5, 0.6) is 0 Å². The van der Waals surface area contributed by atoms with Crippen molar-refractivity contribution < 1.29 is 28.7 Å². The predicted octanol–water partition coefficient (Wildman–Crippen LogP) is 10.7. The topological polar surface area (TPSA) is 96.4 Å². The van der Waals surface area contributed by atoms with Crippen LogP contribution in [0.15, 0.2) is 54.6 Å². The Labute approximate surface area is 296 Å². The molecule has 2 aromatic carbocycles. The smallest absolute Gasteiger partial charge is 0.410 e. The molecule has 2 aliphatic heterocycles. The highest BCUT2D eigenvalue weighted by molar-refractivity contribution is 8.24. The van der Waals surface area contributed by atoms with Crippen molar-refractivity contribution in [3.05, 3.63) is 75.8 Å². The fourth-order valence-corrected chi connectivity index (χ4v) is 4.77. The molecule has 0 spiro atoms. The molecule has 1 saturated heterocycles. The molecule has 14 heteroatoms. The van der Waals surface area contributed by atoms with Gasteiger partial charge in [0.2, 0.25) is 0 Å². The molecular formula is C32H42Cl5N2O6P. The summed E-state index contributed by atoms with van der Waals surface area (Å²) in [6.07, 6.45) is 3.34. The van der Waals surface area contributed by atoms with Crippen LogP contribution >= 0.6 is 62.1 Å². The minimum Gasteiger partial charge on any atom is -0.444 e. The van der Waals surface area contributed by atoms with Gasteiger partial charge in [-0.2, -0.15) is 0 Å². The van der Waals surface area contributed by atoms with E-state index in [0.29, 0.717) is 44.0 Å². The summed E-state index contributed by atoms with van der Waals surface area (Å²) < 4.78 is 20.2. The van der Waals surface area contributed by atoms with E-state index in [1.165, 1.54) is 11.1 Å². The van der Waals surface area contributed by atoms with Gasteiger partial charge in [-0.3, -0.25) is 4.57 Å². The molecule has 256 valence electrons. The van der Waals surface area contributed by atoms with Crippen LogP contribution in [-0.4, -0.2) is 64.5 Å². The first-order valence-corrected chi connectivity index (χ1v) is 19.8. The van der Waals surface area contributed by atoms with Crippen molar-refractivity contribution in [2.24, 2.45) is 0 Å². The molecule has 2 aliphatic rings. The first-order chi connectivity index (χ1) is 21.0. The molecule has 1 fully saturated rings. The summed E-state index contributed by atoms with van der Waals surface area (Å²) in [4.78, 5) is 27.3. The third-order valence-electron chi connectivity index (χ3n) is 6.70. The number of rotatable bonds is 2. The number of nitrogens with zero attached hydrogens (tertiary/aromatic N) is 2. The van der Waals surface area contributed by atoms with Crippen LogP contribution < -0.4 is 0 Å². The van der Waals surface area contributed by atoms with Crippen LogP contribution in [0.2, 0.25) is 10.0 Å². The average molecular weight is 759 g/mol. The van der Waals surface area contributed by atoms with Crippen LogP contribution in [-0.2, 0) is 19.6 Å². The second-order valence-electron chi connectivity index (χ2n) is 12.8. The molecule has 1 N–H and O–H groups in total. The number of aliphatic hydroxyl groups is 1. The number of amides is 2. The fraction of sp³-hybridized carbons (Fsp3) is 0.500. The summed E-state index contributed by atoms with van der Waals surface area (Å²) in [5, 5.41) is 8.90. The number of piperidine rings is 1. The molecular weight excluding hydrogens is 717 g/mol. The number of benzene rings is 2. The molecule has 0 aromatic heterocycles. The average Bonchev–Trinajstić information content (AvgIpc) is 2.92.